The second-order valence-electron chi connectivity index (χ2n) is 4.39. The summed E-state index contributed by atoms with van der Waals surface area (Å²) < 4.78 is 6.14. The molecule has 5 heteroatoms. The Morgan fingerprint density at radius 3 is 2.60 bits per heavy atom. The fourth-order valence-electron chi connectivity index (χ4n) is 2.15. The fraction of sp³-hybridized carbons (Fsp3) is 0.0667. The lowest BCUT2D eigenvalue weighted by Crippen LogP contribution is -1.91. The molecule has 2 aromatic heterocycles. The summed E-state index contributed by atoms with van der Waals surface area (Å²) in [7, 11) is 0. The Hall–Kier alpha value is -2.14. The smallest absolute Gasteiger partial charge is 0.230 e. The summed E-state index contributed by atoms with van der Waals surface area (Å²) in [4.78, 5) is 4.29. The number of nitrogens with two attached hydrogens (primary N) is 1. The second kappa shape index (κ2) is 5.09. The van der Waals surface area contributed by atoms with Gasteiger partial charge in [0.2, 0.25) is 5.88 Å². The summed E-state index contributed by atoms with van der Waals surface area (Å²) in [6, 6.07) is 11.7. The monoisotopic (exact) mass is 329 g/mol. The number of hydrogen-bond donors (Lipinski definition) is 1. The van der Waals surface area contributed by atoms with Crippen molar-refractivity contribution in [1.82, 2.24) is 10.1 Å². The molecule has 1 aromatic carbocycles. The molecule has 0 spiro atoms. The van der Waals surface area contributed by atoms with Crippen LogP contribution in [0.4, 0.5) is 5.88 Å². The maximum atomic E-state index is 5.96. The van der Waals surface area contributed by atoms with E-state index in [1.165, 1.54) is 0 Å². The van der Waals surface area contributed by atoms with Crippen molar-refractivity contribution in [3.63, 3.8) is 0 Å². The van der Waals surface area contributed by atoms with Gasteiger partial charge in [0.15, 0.2) is 0 Å². The van der Waals surface area contributed by atoms with Gasteiger partial charge in [0.1, 0.15) is 5.69 Å². The van der Waals surface area contributed by atoms with Gasteiger partial charge in [0, 0.05) is 27.5 Å². The Labute approximate surface area is 124 Å². The summed E-state index contributed by atoms with van der Waals surface area (Å²) in [5.74, 6) is 0.301. The van der Waals surface area contributed by atoms with E-state index in [9.17, 15) is 0 Å². The molecule has 0 unspecified atom stereocenters. The zero-order valence-electron chi connectivity index (χ0n) is 10.8. The van der Waals surface area contributed by atoms with Gasteiger partial charge in [-0.1, -0.05) is 39.3 Å². The van der Waals surface area contributed by atoms with Crippen molar-refractivity contribution >= 4 is 21.8 Å². The van der Waals surface area contributed by atoms with Gasteiger partial charge in [0.05, 0.1) is 5.56 Å². The van der Waals surface area contributed by atoms with E-state index in [1.54, 1.807) is 6.20 Å². The van der Waals surface area contributed by atoms with Crippen molar-refractivity contribution in [1.29, 1.82) is 0 Å². The van der Waals surface area contributed by atoms with Crippen LogP contribution >= 0.6 is 15.9 Å². The van der Waals surface area contributed by atoms with E-state index in [2.05, 4.69) is 26.1 Å². The van der Waals surface area contributed by atoms with Gasteiger partial charge in [0.25, 0.3) is 0 Å². The first-order chi connectivity index (χ1) is 9.68. The van der Waals surface area contributed by atoms with E-state index < -0.39 is 0 Å². The average Bonchev–Trinajstić information content (AvgIpc) is 2.82. The molecule has 2 N–H and O–H groups in total. The molecule has 2 heterocycles. The van der Waals surface area contributed by atoms with Crippen molar-refractivity contribution in [3.05, 3.63) is 52.8 Å². The van der Waals surface area contributed by atoms with Gasteiger partial charge in [-0.3, -0.25) is 4.98 Å². The minimum absolute atomic E-state index is 0.301. The molecule has 0 aliphatic rings. The Balaban J connectivity index is 2.26. The number of aryl methyl sites for hydroxylation is 1. The van der Waals surface area contributed by atoms with E-state index in [1.807, 2.05) is 43.3 Å². The number of nitrogen functional groups attached to an aromatic ring is 1. The average molecular weight is 330 g/mol. The number of halogens is 1. The predicted octanol–water partition coefficient (Wildman–Crippen LogP) is 4.06. The third-order valence-corrected chi connectivity index (χ3v) is 3.82. The van der Waals surface area contributed by atoms with Crippen molar-refractivity contribution in [2.24, 2.45) is 0 Å². The topological polar surface area (TPSA) is 64.9 Å². The molecule has 0 radical (unpaired) electrons. The number of benzene rings is 1. The maximum absolute atomic E-state index is 5.96. The molecule has 3 rings (SSSR count). The van der Waals surface area contributed by atoms with Crippen LogP contribution in [0.3, 0.4) is 0 Å². The van der Waals surface area contributed by atoms with Gasteiger partial charge in [-0.15, -0.1) is 0 Å². The van der Waals surface area contributed by atoms with Crippen LogP contribution in [0.25, 0.3) is 22.4 Å². The highest BCUT2D eigenvalue weighted by Gasteiger charge is 2.20. The summed E-state index contributed by atoms with van der Waals surface area (Å²) >= 11 is 3.54. The summed E-state index contributed by atoms with van der Waals surface area (Å²) in [6.45, 7) is 1.93. The highest BCUT2D eigenvalue weighted by molar-refractivity contribution is 9.10. The third-order valence-electron chi connectivity index (χ3n) is 3.12. The molecule has 0 aliphatic carbocycles. The van der Waals surface area contributed by atoms with E-state index in [4.69, 9.17) is 10.3 Å². The minimum atomic E-state index is 0.301. The third kappa shape index (κ3) is 2.10. The normalized spacial score (nSPS) is 10.7. The Morgan fingerprint density at radius 1 is 1.10 bits per heavy atom. The van der Waals surface area contributed by atoms with E-state index in [0.717, 1.165) is 26.9 Å². The van der Waals surface area contributed by atoms with Gasteiger partial charge in [-0.2, -0.15) is 0 Å². The molecule has 20 heavy (non-hydrogen) atoms. The Kier molecular flexibility index (Phi) is 3.28. The van der Waals surface area contributed by atoms with Crippen LogP contribution in [0.1, 0.15) is 5.69 Å². The Morgan fingerprint density at radius 2 is 1.85 bits per heavy atom. The first kappa shape index (κ1) is 12.9. The van der Waals surface area contributed by atoms with Crippen LogP contribution in [0.2, 0.25) is 0 Å². The number of aromatic nitrogens is 2. The SMILES string of the molecule is Cc1ncccc1-c1noc(N)c1-c1ccccc1Br. The number of rotatable bonds is 2. The van der Waals surface area contributed by atoms with Crippen molar-refractivity contribution in [3.8, 4) is 22.4 Å². The first-order valence-electron chi connectivity index (χ1n) is 6.10. The van der Waals surface area contributed by atoms with E-state index in [-0.39, 0.29) is 0 Å². The van der Waals surface area contributed by atoms with Crippen LogP contribution in [0.15, 0.2) is 51.6 Å². The molecular formula is C15H12BrN3O. The predicted molar refractivity (Wildman–Crippen MR) is 82.0 cm³/mol. The first-order valence-corrected chi connectivity index (χ1v) is 6.90. The summed E-state index contributed by atoms with van der Waals surface area (Å²) in [5, 5.41) is 4.10. The number of anilines is 1. The molecule has 3 aromatic rings. The van der Waals surface area contributed by atoms with Crippen LogP contribution in [0, 0.1) is 6.92 Å². The lowest BCUT2D eigenvalue weighted by Gasteiger charge is -2.06. The number of nitrogens with zero attached hydrogens (tertiary/aromatic N) is 2. The van der Waals surface area contributed by atoms with Crippen LogP contribution < -0.4 is 5.73 Å². The van der Waals surface area contributed by atoms with Crippen molar-refractivity contribution in [2.45, 2.75) is 6.92 Å². The summed E-state index contributed by atoms with van der Waals surface area (Å²) in [6.07, 6.45) is 1.75. The largest absolute Gasteiger partial charge is 0.367 e. The lowest BCUT2D eigenvalue weighted by atomic mass is 10.0. The van der Waals surface area contributed by atoms with Gasteiger partial charge in [-0.25, -0.2) is 0 Å². The highest BCUT2D eigenvalue weighted by atomic mass is 79.9. The summed E-state index contributed by atoms with van der Waals surface area (Å²) in [5.41, 5.74) is 10.2. The highest BCUT2D eigenvalue weighted by Crippen LogP contribution is 2.39. The molecule has 0 aliphatic heterocycles. The van der Waals surface area contributed by atoms with Crippen molar-refractivity contribution < 1.29 is 4.52 Å². The maximum Gasteiger partial charge on any atom is 0.230 e. The van der Waals surface area contributed by atoms with Crippen LogP contribution in [-0.4, -0.2) is 10.1 Å². The molecule has 4 nitrogen and oxygen atoms in total. The number of hydrogen-bond acceptors (Lipinski definition) is 4. The molecule has 0 atom stereocenters. The molecule has 100 valence electrons. The molecule has 0 bridgehead atoms. The molecule has 0 saturated heterocycles. The van der Waals surface area contributed by atoms with Gasteiger partial charge >= 0.3 is 0 Å². The van der Waals surface area contributed by atoms with Gasteiger partial charge < -0.3 is 10.3 Å². The van der Waals surface area contributed by atoms with Crippen LogP contribution in [0.5, 0.6) is 0 Å². The lowest BCUT2D eigenvalue weighted by molar-refractivity contribution is 0.439. The van der Waals surface area contributed by atoms with E-state index >= 15 is 0 Å². The second-order valence-corrected chi connectivity index (χ2v) is 5.24. The standard InChI is InChI=1S/C15H12BrN3O/c1-9-10(6-4-8-18-9)14-13(15(17)20-19-14)11-5-2-3-7-12(11)16/h2-8H,17H2,1H3. The van der Waals surface area contributed by atoms with E-state index in [0.29, 0.717) is 11.6 Å². The molecular weight excluding hydrogens is 318 g/mol. The molecule has 0 saturated carbocycles. The van der Waals surface area contributed by atoms with Crippen LogP contribution in [-0.2, 0) is 0 Å². The van der Waals surface area contributed by atoms with Gasteiger partial charge in [-0.05, 0) is 25.1 Å². The fourth-order valence-corrected chi connectivity index (χ4v) is 2.63. The molecule has 0 amide bonds. The minimum Gasteiger partial charge on any atom is -0.367 e. The van der Waals surface area contributed by atoms with Crippen molar-refractivity contribution in [2.75, 3.05) is 5.73 Å². The quantitative estimate of drug-likeness (QED) is 0.770. The zero-order valence-corrected chi connectivity index (χ0v) is 12.4. The molecule has 0 fully saturated rings. The zero-order chi connectivity index (χ0) is 14.1. The Bertz CT molecular complexity index is 767. The number of pyridine rings is 1.